The first-order valence-electron chi connectivity index (χ1n) is 4.77. The largest absolute Gasteiger partial charge is 0.317 e. The van der Waals surface area contributed by atoms with E-state index >= 15 is 0 Å². The van der Waals surface area contributed by atoms with Gasteiger partial charge in [-0.15, -0.1) is 0 Å². The van der Waals surface area contributed by atoms with E-state index in [1.807, 2.05) is 0 Å². The highest BCUT2D eigenvalue weighted by Crippen LogP contribution is 2.28. The van der Waals surface area contributed by atoms with E-state index in [0.29, 0.717) is 0 Å². The standard InChI is InChI=1S/C9H17N2/c1-2-9(11-5-1)8-3-6-10-7-4-8/h8,10-11H,1-7H2. The lowest BCUT2D eigenvalue weighted by Gasteiger charge is -2.27. The first kappa shape index (κ1) is 7.56. The molecule has 2 rings (SSSR count). The van der Waals surface area contributed by atoms with Crippen LogP contribution in [0.25, 0.3) is 0 Å². The van der Waals surface area contributed by atoms with Crippen molar-refractivity contribution in [3.8, 4) is 0 Å². The third-order valence-electron chi connectivity index (χ3n) is 2.81. The van der Waals surface area contributed by atoms with Crippen LogP contribution < -0.4 is 10.6 Å². The van der Waals surface area contributed by atoms with Crippen molar-refractivity contribution >= 4 is 0 Å². The van der Waals surface area contributed by atoms with Crippen LogP contribution in [0.1, 0.15) is 25.7 Å². The van der Waals surface area contributed by atoms with E-state index in [1.165, 1.54) is 45.3 Å². The van der Waals surface area contributed by atoms with Gasteiger partial charge in [-0.2, -0.15) is 0 Å². The second kappa shape index (κ2) is 3.55. The summed E-state index contributed by atoms with van der Waals surface area (Å²) in [6.45, 7) is 3.66. The summed E-state index contributed by atoms with van der Waals surface area (Å²) in [6, 6.07) is 1.64. The zero-order valence-electron chi connectivity index (χ0n) is 7.03. The zero-order valence-corrected chi connectivity index (χ0v) is 7.03. The Morgan fingerprint density at radius 1 is 1.09 bits per heavy atom. The Hall–Kier alpha value is -0.0800. The topological polar surface area (TPSA) is 24.1 Å². The minimum atomic E-state index is 0.888. The van der Waals surface area contributed by atoms with Crippen LogP contribution >= 0.6 is 0 Å². The van der Waals surface area contributed by atoms with Gasteiger partial charge in [-0.1, -0.05) is 0 Å². The van der Waals surface area contributed by atoms with Gasteiger partial charge in [0, 0.05) is 6.04 Å². The predicted molar refractivity (Wildman–Crippen MR) is 46.1 cm³/mol. The lowest BCUT2D eigenvalue weighted by Crippen LogP contribution is -2.33. The Morgan fingerprint density at radius 3 is 2.55 bits per heavy atom. The summed E-state index contributed by atoms with van der Waals surface area (Å²) in [7, 11) is 0. The van der Waals surface area contributed by atoms with Gasteiger partial charge < -0.3 is 10.6 Å². The molecular formula is C9H17N2. The monoisotopic (exact) mass is 153 g/mol. The molecule has 2 aliphatic heterocycles. The van der Waals surface area contributed by atoms with Crippen LogP contribution in [0.4, 0.5) is 0 Å². The molecule has 0 atom stereocenters. The van der Waals surface area contributed by atoms with Crippen molar-refractivity contribution in [2.45, 2.75) is 25.7 Å². The van der Waals surface area contributed by atoms with E-state index in [9.17, 15) is 0 Å². The lowest BCUT2D eigenvalue weighted by atomic mass is 9.89. The molecule has 63 valence electrons. The third kappa shape index (κ3) is 1.74. The van der Waals surface area contributed by atoms with Crippen LogP contribution in [0.3, 0.4) is 0 Å². The molecule has 2 aliphatic rings. The van der Waals surface area contributed by atoms with Gasteiger partial charge in [0.1, 0.15) is 0 Å². The van der Waals surface area contributed by atoms with Crippen LogP contribution in [0.5, 0.6) is 0 Å². The van der Waals surface area contributed by atoms with Gasteiger partial charge in [0.25, 0.3) is 0 Å². The van der Waals surface area contributed by atoms with Gasteiger partial charge in [0.15, 0.2) is 0 Å². The number of nitrogens with one attached hydrogen (secondary N) is 2. The molecule has 11 heavy (non-hydrogen) atoms. The molecule has 0 saturated carbocycles. The van der Waals surface area contributed by atoms with Crippen LogP contribution in [-0.2, 0) is 0 Å². The summed E-state index contributed by atoms with van der Waals surface area (Å²) in [4.78, 5) is 0. The minimum absolute atomic E-state index is 0.888. The SMILES string of the molecule is C1CN[C](C2CCNCC2)C1. The molecule has 0 aromatic rings. The molecule has 2 N–H and O–H groups in total. The summed E-state index contributed by atoms with van der Waals surface area (Å²) >= 11 is 0. The highest BCUT2D eigenvalue weighted by Gasteiger charge is 2.26. The van der Waals surface area contributed by atoms with E-state index < -0.39 is 0 Å². The fourth-order valence-corrected chi connectivity index (χ4v) is 2.14. The summed E-state index contributed by atoms with van der Waals surface area (Å²) in [5.41, 5.74) is 0. The van der Waals surface area contributed by atoms with Crippen LogP contribution in [0, 0.1) is 12.0 Å². The normalized spacial score (nSPS) is 29.5. The minimum Gasteiger partial charge on any atom is -0.317 e. The number of rotatable bonds is 1. The smallest absolute Gasteiger partial charge is 0.0396 e. The molecule has 2 fully saturated rings. The Balaban J connectivity index is 1.82. The second-order valence-corrected chi connectivity index (χ2v) is 3.58. The van der Waals surface area contributed by atoms with Crippen molar-refractivity contribution in [3.63, 3.8) is 0 Å². The van der Waals surface area contributed by atoms with E-state index in [0.717, 1.165) is 5.92 Å². The Labute approximate surface area is 68.7 Å². The molecule has 0 aromatic carbocycles. The third-order valence-corrected chi connectivity index (χ3v) is 2.81. The first-order chi connectivity index (χ1) is 5.47. The van der Waals surface area contributed by atoms with Crippen molar-refractivity contribution in [1.29, 1.82) is 0 Å². The van der Waals surface area contributed by atoms with Gasteiger partial charge in [-0.05, 0) is 51.2 Å². The van der Waals surface area contributed by atoms with Crippen LogP contribution in [-0.4, -0.2) is 19.6 Å². The molecule has 0 amide bonds. The number of hydrogen-bond donors (Lipinski definition) is 2. The van der Waals surface area contributed by atoms with Crippen molar-refractivity contribution in [2.24, 2.45) is 5.92 Å². The molecular weight excluding hydrogens is 136 g/mol. The Kier molecular flexibility index (Phi) is 2.44. The van der Waals surface area contributed by atoms with Crippen LogP contribution in [0.2, 0.25) is 0 Å². The van der Waals surface area contributed by atoms with Gasteiger partial charge in [-0.25, -0.2) is 0 Å². The van der Waals surface area contributed by atoms with Gasteiger partial charge >= 0.3 is 0 Å². The molecule has 0 bridgehead atoms. The average Bonchev–Trinajstić information content (AvgIpc) is 2.58. The summed E-state index contributed by atoms with van der Waals surface area (Å²) in [5.74, 6) is 0.888. The fraction of sp³-hybridized carbons (Fsp3) is 0.889. The maximum Gasteiger partial charge on any atom is 0.0396 e. The molecule has 1 radical (unpaired) electrons. The first-order valence-corrected chi connectivity index (χ1v) is 4.77. The van der Waals surface area contributed by atoms with E-state index in [-0.39, 0.29) is 0 Å². The van der Waals surface area contributed by atoms with Gasteiger partial charge in [-0.3, -0.25) is 0 Å². The average molecular weight is 153 g/mol. The summed E-state index contributed by atoms with van der Waals surface area (Å²) in [6.07, 6.45) is 5.40. The van der Waals surface area contributed by atoms with E-state index in [4.69, 9.17) is 0 Å². The van der Waals surface area contributed by atoms with Gasteiger partial charge in [0.05, 0.1) is 0 Å². The molecule has 0 spiro atoms. The van der Waals surface area contributed by atoms with E-state index in [1.54, 1.807) is 6.04 Å². The Morgan fingerprint density at radius 2 is 1.91 bits per heavy atom. The number of piperidine rings is 1. The number of hydrogen-bond acceptors (Lipinski definition) is 2. The maximum absolute atomic E-state index is 3.52. The van der Waals surface area contributed by atoms with Crippen molar-refractivity contribution in [1.82, 2.24) is 10.6 Å². The van der Waals surface area contributed by atoms with Crippen molar-refractivity contribution in [2.75, 3.05) is 19.6 Å². The summed E-state index contributed by atoms with van der Waals surface area (Å²) < 4.78 is 0. The highest BCUT2D eigenvalue weighted by atomic mass is 15.0. The molecule has 2 saturated heterocycles. The van der Waals surface area contributed by atoms with Crippen molar-refractivity contribution < 1.29 is 0 Å². The van der Waals surface area contributed by atoms with Gasteiger partial charge in [0.2, 0.25) is 0 Å². The van der Waals surface area contributed by atoms with Crippen LogP contribution in [0.15, 0.2) is 0 Å². The van der Waals surface area contributed by atoms with Crippen molar-refractivity contribution in [3.05, 3.63) is 6.04 Å². The predicted octanol–water partition coefficient (Wildman–Crippen LogP) is 0.901. The molecule has 2 nitrogen and oxygen atoms in total. The second-order valence-electron chi connectivity index (χ2n) is 3.58. The lowest BCUT2D eigenvalue weighted by molar-refractivity contribution is 0.365. The zero-order chi connectivity index (χ0) is 7.52. The summed E-state index contributed by atoms with van der Waals surface area (Å²) in [5, 5.41) is 6.91. The molecule has 0 aromatic heterocycles. The molecule has 2 heterocycles. The quantitative estimate of drug-likeness (QED) is 0.585. The molecule has 0 unspecified atom stereocenters. The molecule has 0 aliphatic carbocycles. The molecule has 2 heteroatoms. The highest BCUT2D eigenvalue weighted by molar-refractivity contribution is 4.99. The maximum atomic E-state index is 3.52. The fourth-order valence-electron chi connectivity index (χ4n) is 2.14. The Bertz CT molecular complexity index is 113. The van der Waals surface area contributed by atoms with E-state index in [2.05, 4.69) is 10.6 Å².